The molecule has 0 saturated carbocycles. The van der Waals surface area contributed by atoms with Crippen LogP contribution in [-0.4, -0.2) is 27.1 Å². The second-order valence-electron chi connectivity index (χ2n) is 7.92. The number of nitrogens with zero attached hydrogens (tertiary/aromatic N) is 1. The molecule has 2 N–H and O–H groups in total. The third kappa shape index (κ3) is 4.70. The van der Waals surface area contributed by atoms with Crippen LogP contribution in [0.5, 0.6) is 0 Å². The molecule has 1 aliphatic heterocycles. The van der Waals surface area contributed by atoms with E-state index in [1.807, 2.05) is 72.8 Å². The highest BCUT2D eigenvalue weighted by atomic mass is 35.5. The number of halogens is 1. The lowest BCUT2D eigenvalue weighted by Crippen LogP contribution is -2.29. The number of carbonyl (C=O) groups excluding carboxylic acids is 2. The van der Waals surface area contributed by atoms with Crippen molar-refractivity contribution in [3.05, 3.63) is 106 Å². The summed E-state index contributed by atoms with van der Waals surface area (Å²) in [4.78, 5) is 27.9. The van der Waals surface area contributed by atoms with E-state index in [2.05, 4.69) is 0 Å². The number of benzene rings is 3. The highest BCUT2D eigenvalue weighted by molar-refractivity contribution is 6.28. The van der Waals surface area contributed by atoms with Crippen LogP contribution in [0.3, 0.4) is 0 Å². The van der Waals surface area contributed by atoms with Gasteiger partial charge < -0.3 is 10.2 Å². The van der Waals surface area contributed by atoms with Crippen molar-refractivity contribution in [2.75, 3.05) is 0 Å². The minimum atomic E-state index is -1.01. The Bertz CT molecular complexity index is 1060. The molecule has 2 amide bonds. The molecule has 0 aromatic heterocycles. The lowest BCUT2D eigenvalue weighted by molar-refractivity contribution is -0.191. The summed E-state index contributed by atoms with van der Waals surface area (Å²) >= 11 is 7.32. The molecule has 0 bridgehead atoms. The lowest BCUT2D eigenvalue weighted by Gasteiger charge is -2.30. The number of hydrogen-bond acceptors (Lipinski definition) is 5. The van der Waals surface area contributed by atoms with E-state index in [4.69, 9.17) is 16.4 Å². The molecule has 0 radical (unpaired) electrons. The molecular formula is C26H24ClNO5. The van der Waals surface area contributed by atoms with Crippen molar-refractivity contribution >= 4 is 23.4 Å². The van der Waals surface area contributed by atoms with Crippen molar-refractivity contribution in [2.45, 2.75) is 37.5 Å². The number of imide groups is 1. The summed E-state index contributed by atoms with van der Waals surface area (Å²) in [7, 11) is 0. The third-order valence-electron chi connectivity index (χ3n) is 5.79. The van der Waals surface area contributed by atoms with Crippen LogP contribution in [0.4, 0.5) is 0 Å². The Morgan fingerprint density at radius 1 is 0.697 bits per heavy atom. The standard InChI is InChI=1S/C26H24ClNO5/c27-26(21-7-1-18(15-29)2-8-21,22-9-3-19(16-30)4-10-22)23-11-5-20(6-12-23)17-33-28-24(31)13-14-25(28)32/h1-12,29-30H,13-17H2. The van der Waals surface area contributed by atoms with E-state index in [0.717, 1.165) is 38.4 Å². The molecule has 4 rings (SSSR count). The Hall–Kier alpha value is -3.03. The molecule has 0 spiro atoms. The second kappa shape index (κ2) is 9.85. The average Bonchev–Trinajstić information content (AvgIpc) is 3.19. The molecule has 1 fully saturated rings. The summed E-state index contributed by atoms with van der Waals surface area (Å²) in [6.45, 7) is -0.0294. The van der Waals surface area contributed by atoms with Crippen LogP contribution in [0.2, 0.25) is 0 Å². The van der Waals surface area contributed by atoms with Gasteiger partial charge in [0.1, 0.15) is 11.5 Å². The number of rotatable bonds is 8. The topological polar surface area (TPSA) is 87.1 Å². The van der Waals surface area contributed by atoms with E-state index in [-0.39, 0.29) is 44.5 Å². The molecule has 0 atom stereocenters. The fraction of sp³-hybridized carbons (Fsp3) is 0.231. The van der Waals surface area contributed by atoms with E-state index in [1.54, 1.807) is 0 Å². The predicted molar refractivity (Wildman–Crippen MR) is 123 cm³/mol. The van der Waals surface area contributed by atoms with Gasteiger partial charge in [-0.2, -0.15) is 5.06 Å². The summed E-state index contributed by atoms with van der Waals surface area (Å²) in [5.41, 5.74) is 4.83. The van der Waals surface area contributed by atoms with Crippen LogP contribution in [0.15, 0.2) is 72.8 Å². The van der Waals surface area contributed by atoms with E-state index in [9.17, 15) is 19.8 Å². The maximum absolute atomic E-state index is 11.7. The van der Waals surface area contributed by atoms with E-state index >= 15 is 0 Å². The minimum absolute atomic E-state index is 0.0581. The van der Waals surface area contributed by atoms with Crippen LogP contribution in [0.25, 0.3) is 0 Å². The highest BCUT2D eigenvalue weighted by Gasteiger charge is 2.34. The summed E-state index contributed by atoms with van der Waals surface area (Å²) in [6, 6.07) is 22.4. The van der Waals surface area contributed by atoms with Gasteiger partial charge in [-0.15, -0.1) is 11.6 Å². The number of carbonyl (C=O) groups is 2. The third-order valence-corrected chi connectivity index (χ3v) is 6.44. The van der Waals surface area contributed by atoms with Crippen molar-refractivity contribution in [3.63, 3.8) is 0 Å². The van der Waals surface area contributed by atoms with E-state index < -0.39 is 4.87 Å². The first-order valence-electron chi connectivity index (χ1n) is 10.6. The molecule has 3 aromatic rings. The van der Waals surface area contributed by atoms with E-state index in [1.165, 1.54) is 0 Å². The van der Waals surface area contributed by atoms with Gasteiger partial charge in [-0.3, -0.25) is 14.4 Å². The van der Waals surface area contributed by atoms with Crippen molar-refractivity contribution in [1.82, 2.24) is 5.06 Å². The first-order chi connectivity index (χ1) is 16.0. The molecular weight excluding hydrogens is 442 g/mol. The van der Waals surface area contributed by atoms with Crippen LogP contribution >= 0.6 is 11.6 Å². The molecule has 1 heterocycles. The van der Waals surface area contributed by atoms with Crippen molar-refractivity contribution in [2.24, 2.45) is 0 Å². The van der Waals surface area contributed by atoms with Crippen LogP contribution in [0, 0.1) is 0 Å². The largest absolute Gasteiger partial charge is 0.392 e. The van der Waals surface area contributed by atoms with Gasteiger partial charge >= 0.3 is 0 Å². The van der Waals surface area contributed by atoms with E-state index in [0.29, 0.717) is 0 Å². The van der Waals surface area contributed by atoms with Gasteiger partial charge in [0.05, 0.1) is 13.2 Å². The lowest BCUT2D eigenvalue weighted by atomic mass is 9.83. The van der Waals surface area contributed by atoms with Gasteiger partial charge in [-0.1, -0.05) is 72.8 Å². The van der Waals surface area contributed by atoms with Crippen LogP contribution in [-0.2, 0) is 39.1 Å². The Labute approximate surface area is 197 Å². The summed E-state index contributed by atoms with van der Waals surface area (Å²) < 4.78 is 0. The predicted octanol–water partition coefficient (Wildman–Crippen LogP) is 3.78. The quantitative estimate of drug-likeness (QED) is 0.300. The molecule has 1 aliphatic rings. The van der Waals surface area contributed by atoms with Gasteiger partial charge in [-0.05, 0) is 33.4 Å². The van der Waals surface area contributed by atoms with Crippen LogP contribution < -0.4 is 0 Å². The monoisotopic (exact) mass is 465 g/mol. The number of alkyl halides is 1. The average molecular weight is 466 g/mol. The molecule has 6 nitrogen and oxygen atoms in total. The highest BCUT2D eigenvalue weighted by Crippen LogP contribution is 2.43. The minimum Gasteiger partial charge on any atom is -0.392 e. The van der Waals surface area contributed by atoms with Gasteiger partial charge in [0.15, 0.2) is 0 Å². The maximum Gasteiger partial charge on any atom is 0.254 e. The van der Waals surface area contributed by atoms with Gasteiger partial charge in [-0.25, -0.2) is 0 Å². The zero-order chi connectivity index (χ0) is 23.4. The number of aliphatic hydroxyl groups excluding tert-OH is 2. The first-order valence-corrected chi connectivity index (χ1v) is 11.0. The Morgan fingerprint density at radius 3 is 1.42 bits per heavy atom. The fourth-order valence-electron chi connectivity index (χ4n) is 3.85. The van der Waals surface area contributed by atoms with Gasteiger partial charge in [0, 0.05) is 12.8 Å². The first kappa shape index (κ1) is 23.1. The molecule has 170 valence electrons. The molecule has 7 heteroatoms. The second-order valence-corrected chi connectivity index (χ2v) is 8.49. The number of hydrogen-bond donors (Lipinski definition) is 2. The summed E-state index contributed by atoms with van der Waals surface area (Å²) in [5, 5.41) is 19.6. The summed E-state index contributed by atoms with van der Waals surface area (Å²) in [6.07, 6.45) is 0.355. The number of hydroxylamine groups is 2. The van der Waals surface area contributed by atoms with Crippen molar-refractivity contribution in [3.8, 4) is 0 Å². The number of amides is 2. The zero-order valence-electron chi connectivity index (χ0n) is 17.9. The maximum atomic E-state index is 11.7. The molecule has 33 heavy (non-hydrogen) atoms. The zero-order valence-corrected chi connectivity index (χ0v) is 18.7. The molecule has 0 unspecified atom stereocenters. The number of aliphatic hydroxyl groups is 2. The Kier molecular flexibility index (Phi) is 6.91. The van der Waals surface area contributed by atoms with Gasteiger partial charge in [0.25, 0.3) is 11.8 Å². The summed E-state index contributed by atoms with van der Waals surface area (Å²) in [5.74, 6) is -0.650. The molecule has 3 aromatic carbocycles. The molecule has 1 saturated heterocycles. The Morgan fingerprint density at radius 2 is 1.06 bits per heavy atom. The fourth-order valence-corrected chi connectivity index (χ4v) is 4.23. The normalized spacial score (nSPS) is 14.2. The van der Waals surface area contributed by atoms with Crippen molar-refractivity contribution in [1.29, 1.82) is 0 Å². The smallest absolute Gasteiger partial charge is 0.254 e. The molecule has 0 aliphatic carbocycles. The van der Waals surface area contributed by atoms with Crippen molar-refractivity contribution < 1.29 is 24.6 Å². The Balaban J connectivity index is 1.64. The van der Waals surface area contributed by atoms with Gasteiger partial charge in [0.2, 0.25) is 0 Å². The van der Waals surface area contributed by atoms with Crippen LogP contribution in [0.1, 0.15) is 46.2 Å². The SMILES string of the molecule is O=C1CCC(=O)N1OCc1ccc(C(Cl)(c2ccc(CO)cc2)c2ccc(CO)cc2)cc1.